The first-order chi connectivity index (χ1) is 6.75. The zero-order valence-electron chi connectivity index (χ0n) is 8.48. The molecule has 0 amide bonds. The van der Waals surface area contributed by atoms with Gasteiger partial charge in [0.1, 0.15) is 5.82 Å². The van der Waals surface area contributed by atoms with Crippen LogP contribution in [-0.4, -0.2) is 26.8 Å². The maximum atomic E-state index is 9.27. The number of imidazole rings is 1. The largest absolute Gasteiger partial charge is 0.392 e. The third kappa shape index (κ3) is 2.56. The van der Waals surface area contributed by atoms with Crippen molar-refractivity contribution in [1.29, 1.82) is 0 Å². The van der Waals surface area contributed by atoms with Crippen LogP contribution in [0, 0.1) is 0 Å². The second kappa shape index (κ2) is 4.11. The summed E-state index contributed by atoms with van der Waals surface area (Å²) in [5.74, 6) is 1.01. The number of rotatable bonds is 5. The minimum Gasteiger partial charge on any atom is -0.392 e. The molecule has 1 aromatic rings. The molecule has 0 radical (unpaired) electrons. The molecule has 2 rings (SSSR count). The van der Waals surface area contributed by atoms with Gasteiger partial charge in [0.05, 0.1) is 12.6 Å². The minimum atomic E-state index is -0.316. The van der Waals surface area contributed by atoms with E-state index in [4.69, 9.17) is 0 Å². The van der Waals surface area contributed by atoms with Gasteiger partial charge in [-0.25, -0.2) is 4.98 Å². The number of nitrogens with zero attached hydrogens (tertiary/aromatic N) is 2. The molecule has 1 heterocycles. The summed E-state index contributed by atoms with van der Waals surface area (Å²) in [5, 5.41) is 12.7. The zero-order valence-corrected chi connectivity index (χ0v) is 8.48. The van der Waals surface area contributed by atoms with Crippen molar-refractivity contribution in [3.63, 3.8) is 0 Å². The lowest BCUT2D eigenvalue weighted by Gasteiger charge is -2.09. The Bertz CT molecular complexity index is 291. The van der Waals surface area contributed by atoms with Gasteiger partial charge < -0.3 is 15.0 Å². The van der Waals surface area contributed by atoms with Gasteiger partial charge in [-0.2, -0.15) is 0 Å². The summed E-state index contributed by atoms with van der Waals surface area (Å²) in [5.41, 5.74) is 0. The molecule has 1 fully saturated rings. The third-order valence-electron chi connectivity index (χ3n) is 2.39. The average Bonchev–Trinajstić information content (AvgIpc) is 2.85. The predicted molar refractivity (Wildman–Crippen MR) is 53.8 cm³/mol. The van der Waals surface area contributed by atoms with Crippen LogP contribution in [-0.2, 0) is 13.1 Å². The van der Waals surface area contributed by atoms with Crippen molar-refractivity contribution >= 4 is 0 Å². The van der Waals surface area contributed by atoms with Gasteiger partial charge in [0.25, 0.3) is 0 Å². The van der Waals surface area contributed by atoms with E-state index in [0.29, 0.717) is 12.6 Å². The molecule has 1 aliphatic rings. The normalized spacial score (nSPS) is 18.4. The second-order valence-corrected chi connectivity index (χ2v) is 4.00. The van der Waals surface area contributed by atoms with Gasteiger partial charge in [0.15, 0.2) is 0 Å². The topological polar surface area (TPSA) is 50.1 Å². The summed E-state index contributed by atoms with van der Waals surface area (Å²) in [6.45, 7) is 3.23. The van der Waals surface area contributed by atoms with Gasteiger partial charge in [-0.3, -0.25) is 0 Å². The highest BCUT2D eigenvalue weighted by atomic mass is 16.3. The summed E-state index contributed by atoms with van der Waals surface area (Å²) < 4.78 is 2.00. The summed E-state index contributed by atoms with van der Waals surface area (Å²) in [4.78, 5) is 4.26. The smallest absolute Gasteiger partial charge is 0.122 e. The van der Waals surface area contributed by atoms with Crippen LogP contribution in [0.4, 0.5) is 0 Å². The second-order valence-electron chi connectivity index (χ2n) is 4.00. The summed E-state index contributed by atoms with van der Waals surface area (Å²) in [7, 11) is 0. The first-order valence-electron chi connectivity index (χ1n) is 5.17. The van der Waals surface area contributed by atoms with E-state index >= 15 is 0 Å². The van der Waals surface area contributed by atoms with Crippen LogP contribution < -0.4 is 5.32 Å². The van der Waals surface area contributed by atoms with Crippen molar-refractivity contribution < 1.29 is 5.11 Å². The van der Waals surface area contributed by atoms with Crippen LogP contribution in [0.5, 0.6) is 0 Å². The lowest BCUT2D eigenvalue weighted by molar-refractivity contribution is 0.172. The number of nitrogens with one attached hydrogen (secondary N) is 1. The molecule has 0 spiro atoms. The molecule has 14 heavy (non-hydrogen) atoms. The van der Waals surface area contributed by atoms with E-state index in [9.17, 15) is 5.11 Å². The number of hydrogen-bond acceptors (Lipinski definition) is 3. The van der Waals surface area contributed by atoms with Gasteiger partial charge >= 0.3 is 0 Å². The maximum absolute atomic E-state index is 9.27. The van der Waals surface area contributed by atoms with Gasteiger partial charge in [0, 0.05) is 25.0 Å². The molecular weight excluding hydrogens is 178 g/mol. The fourth-order valence-electron chi connectivity index (χ4n) is 1.48. The molecule has 0 bridgehead atoms. The summed E-state index contributed by atoms with van der Waals surface area (Å²) in [6, 6.07) is 0.701. The van der Waals surface area contributed by atoms with Gasteiger partial charge in [-0.1, -0.05) is 0 Å². The molecule has 1 atom stereocenters. The minimum absolute atomic E-state index is 0.316. The van der Waals surface area contributed by atoms with Crippen LogP contribution in [0.25, 0.3) is 0 Å². The average molecular weight is 195 g/mol. The van der Waals surface area contributed by atoms with Crippen LogP contribution in [0.2, 0.25) is 0 Å². The first kappa shape index (κ1) is 9.68. The molecule has 0 saturated heterocycles. The molecule has 1 aromatic heterocycles. The molecule has 0 aromatic carbocycles. The fraction of sp³-hybridized carbons (Fsp3) is 0.700. The van der Waals surface area contributed by atoms with Crippen molar-refractivity contribution in [2.45, 2.75) is 45.0 Å². The number of hydrogen-bond donors (Lipinski definition) is 2. The molecule has 0 aliphatic heterocycles. The standard InChI is InChI=1S/C10H17N3O/c1-8(14)7-13-5-4-11-10(13)6-12-9-2-3-9/h4-5,8-9,12,14H,2-3,6-7H2,1H3. The van der Waals surface area contributed by atoms with Crippen LogP contribution in [0.3, 0.4) is 0 Å². The van der Waals surface area contributed by atoms with Crippen molar-refractivity contribution in [1.82, 2.24) is 14.9 Å². The molecule has 4 nitrogen and oxygen atoms in total. The van der Waals surface area contributed by atoms with E-state index in [1.807, 2.05) is 10.8 Å². The molecular formula is C10H17N3O. The Morgan fingerprint density at radius 3 is 3.14 bits per heavy atom. The highest BCUT2D eigenvalue weighted by molar-refractivity contribution is 4.94. The Hall–Kier alpha value is -0.870. The Kier molecular flexibility index (Phi) is 2.84. The van der Waals surface area contributed by atoms with Crippen molar-refractivity contribution in [3.05, 3.63) is 18.2 Å². The molecule has 1 saturated carbocycles. The van der Waals surface area contributed by atoms with E-state index < -0.39 is 0 Å². The summed E-state index contributed by atoms with van der Waals surface area (Å²) >= 11 is 0. The Labute approximate surface area is 84.0 Å². The van der Waals surface area contributed by atoms with Crippen molar-refractivity contribution in [2.75, 3.05) is 0 Å². The number of aliphatic hydroxyl groups excluding tert-OH is 1. The zero-order chi connectivity index (χ0) is 9.97. The fourth-order valence-corrected chi connectivity index (χ4v) is 1.48. The van der Waals surface area contributed by atoms with Crippen LogP contribution >= 0.6 is 0 Å². The van der Waals surface area contributed by atoms with Crippen LogP contribution in [0.1, 0.15) is 25.6 Å². The van der Waals surface area contributed by atoms with E-state index in [-0.39, 0.29) is 6.10 Å². The van der Waals surface area contributed by atoms with Crippen molar-refractivity contribution in [2.24, 2.45) is 0 Å². The highest BCUT2D eigenvalue weighted by Crippen LogP contribution is 2.19. The van der Waals surface area contributed by atoms with E-state index in [1.54, 1.807) is 13.1 Å². The first-order valence-corrected chi connectivity index (χ1v) is 5.17. The molecule has 1 unspecified atom stereocenters. The number of aromatic nitrogens is 2. The van der Waals surface area contributed by atoms with E-state index in [0.717, 1.165) is 12.4 Å². The Morgan fingerprint density at radius 2 is 2.50 bits per heavy atom. The lowest BCUT2D eigenvalue weighted by atomic mass is 10.4. The molecule has 4 heteroatoms. The van der Waals surface area contributed by atoms with E-state index in [1.165, 1.54) is 12.8 Å². The Morgan fingerprint density at radius 1 is 1.71 bits per heavy atom. The molecule has 2 N–H and O–H groups in total. The van der Waals surface area contributed by atoms with Crippen molar-refractivity contribution in [3.8, 4) is 0 Å². The number of aliphatic hydroxyl groups is 1. The quantitative estimate of drug-likeness (QED) is 0.720. The SMILES string of the molecule is CC(O)Cn1ccnc1CNC1CC1. The van der Waals surface area contributed by atoms with Gasteiger partial charge in [0.2, 0.25) is 0 Å². The molecule has 78 valence electrons. The predicted octanol–water partition coefficient (Wildman–Crippen LogP) is 0.516. The van der Waals surface area contributed by atoms with Gasteiger partial charge in [-0.05, 0) is 19.8 Å². The van der Waals surface area contributed by atoms with Gasteiger partial charge in [-0.15, -0.1) is 0 Å². The third-order valence-corrected chi connectivity index (χ3v) is 2.39. The summed E-state index contributed by atoms with van der Waals surface area (Å²) in [6.07, 6.45) is 5.96. The van der Waals surface area contributed by atoms with Crippen LogP contribution in [0.15, 0.2) is 12.4 Å². The monoisotopic (exact) mass is 195 g/mol. The Balaban J connectivity index is 1.90. The van der Waals surface area contributed by atoms with E-state index in [2.05, 4.69) is 10.3 Å². The highest BCUT2D eigenvalue weighted by Gasteiger charge is 2.20. The maximum Gasteiger partial charge on any atom is 0.122 e. The lowest BCUT2D eigenvalue weighted by Crippen LogP contribution is -2.21. The molecule has 1 aliphatic carbocycles.